The third kappa shape index (κ3) is 5.31. The minimum atomic E-state index is -4.55. The number of nitrogens with zero attached hydrogens (tertiary/aromatic N) is 2. The Morgan fingerprint density at radius 1 is 1.19 bits per heavy atom. The molecular weight excluding hydrogens is 429 g/mol. The summed E-state index contributed by atoms with van der Waals surface area (Å²) in [5.74, 6) is 0.448. The molecule has 9 heteroatoms. The summed E-state index contributed by atoms with van der Waals surface area (Å²) in [6.07, 6.45) is -2.38. The van der Waals surface area contributed by atoms with Crippen LogP contribution in [0.15, 0.2) is 24.5 Å². The third-order valence-corrected chi connectivity index (χ3v) is 4.35. The van der Waals surface area contributed by atoms with Crippen molar-refractivity contribution in [1.82, 2.24) is 9.55 Å². The fraction of sp³-hybridized carbons (Fsp3) is 0.500. The second kappa shape index (κ2) is 9.68. The quantitative estimate of drug-likeness (QED) is 0.318. The first-order chi connectivity index (χ1) is 12.8. The Balaban J connectivity index is 2.45. The normalized spacial score (nSPS) is 12.1. The number of hydrogen-bond acceptors (Lipinski definition) is 4. The number of aromatic nitrogens is 2. The molecule has 0 aliphatic rings. The number of imidazole rings is 1. The van der Waals surface area contributed by atoms with Crippen LogP contribution in [0.5, 0.6) is 0 Å². The summed E-state index contributed by atoms with van der Waals surface area (Å²) in [6, 6.07) is 2.75. The van der Waals surface area contributed by atoms with Gasteiger partial charge in [0, 0.05) is 49.6 Å². The van der Waals surface area contributed by atoms with Crippen LogP contribution < -0.4 is 0 Å². The standard InChI is InChI=1S/C18H22BrF3N2O3/c1-12-10-13(16-23-5-6-24(16)7-9-27-8-4-19)11-14(18(20,21)22)15(12)17(25-2)26-3/h5-6,10-11,17H,4,7-9H2,1-3H3. The molecule has 1 aromatic heterocycles. The minimum absolute atomic E-state index is 0.0324. The molecule has 27 heavy (non-hydrogen) atoms. The molecule has 0 unspecified atom stereocenters. The molecule has 2 aromatic rings. The Morgan fingerprint density at radius 3 is 2.48 bits per heavy atom. The van der Waals surface area contributed by atoms with Crippen molar-refractivity contribution in [3.63, 3.8) is 0 Å². The van der Waals surface area contributed by atoms with Gasteiger partial charge < -0.3 is 18.8 Å². The van der Waals surface area contributed by atoms with Gasteiger partial charge in [-0.15, -0.1) is 0 Å². The molecule has 0 amide bonds. The summed E-state index contributed by atoms with van der Waals surface area (Å²) in [5.41, 5.74) is -0.0371. The fourth-order valence-corrected chi connectivity index (χ4v) is 3.11. The summed E-state index contributed by atoms with van der Waals surface area (Å²) >= 11 is 3.27. The van der Waals surface area contributed by atoms with E-state index in [1.54, 1.807) is 30.0 Å². The van der Waals surface area contributed by atoms with Gasteiger partial charge in [-0.2, -0.15) is 13.2 Å². The van der Waals surface area contributed by atoms with Crippen molar-refractivity contribution in [3.05, 3.63) is 41.2 Å². The van der Waals surface area contributed by atoms with Crippen molar-refractivity contribution < 1.29 is 27.4 Å². The van der Waals surface area contributed by atoms with Crippen molar-refractivity contribution in [2.24, 2.45) is 0 Å². The minimum Gasteiger partial charge on any atom is -0.379 e. The number of ether oxygens (including phenoxy) is 3. The van der Waals surface area contributed by atoms with Gasteiger partial charge >= 0.3 is 6.18 Å². The lowest BCUT2D eigenvalue weighted by molar-refractivity contribution is -0.147. The van der Waals surface area contributed by atoms with E-state index in [9.17, 15) is 13.2 Å². The Labute approximate surface area is 164 Å². The Kier molecular flexibility index (Phi) is 7.84. The zero-order chi connectivity index (χ0) is 20.0. The van der Waals surface area contributed by atoms with E-state index in [4.69, 9.17) is 14.2 Å². The number of aryl methyl sites for hydroxylation is 1. The number of benzene rings is 1. The molecule has 0 saturated heterocycles. The molecule has 1 aromatic carbocycles. The monoisotopic (exact) mass is 450 g/mol. The van der Waals surface area contributed by atoms with Crippen molar-refractivity contribution in [3.8, 4) is 11.4 Å². The predicted octanol–water partition coefficient (Wildman–Crippen LogP) is 4.58. The highest BCUT2D eigenvalue weighted by Crippen LogP contribution is 2.40. The lowest BCUT2D eigenvalue weighted by atomic mass is 9.97. The van der Waals surface area contributed by atoms with Crippen LogP contribution in [-0.4, -0.2) is 42.3 Å². The maximum Gasteiger partial charge on any atom is 0.416 e. The van der Waals surface area contributed by atoms with Crippen molar-refractivity contribution in [1.29, 1.82) is 0 Å². The lowest BCUT2D eigenvalue weighted by Gasteiger charge is -2.22. The lowest BCUT2D eigenvalue weighted by Crippen LogP contribution is -2.17. The van der Waals surface area contributed by atoms with Gasteiger partial charge in [-0.25, -0.2) is 4.98 Å². The first-order valence-corrected chi connectivity index (χ1v) is 9.38. The van der Waals surface area contributed by atoms with E-state index in [2.05, 4.69) is 20.9 Å². The molecule has 0 aliphatic heterocycles. The molecule has 150 valence electrons. The molecule has 0 bridgehead atoms. The van der Waals surface area contributed by atoms with Crippen molar-refractivity contribution in [2.75, 3.05) is 32.8 Å². The van der Waals surface area contributed by atoms with Gasteiger partial charge in [0.15, 0.2) is 6.29 Å². The van der Waals surface area contributed by atoms with Crippen LogP contribution >= 0.6 is 15.9 Å². The average Bonchev–Trinajstić information content (AvgIpc) is 3.08. The van der Waals surface area contributed by atoms with E-state index < -0.39 is 18.0 Å². The molecule has 0 atom stereocenters. The maximum absolute atomic E-state index is 13.7. The molecule has 0 spiro atoms. The van der Waals surface area contributed by atoms with E-state index in [0.29, 0.717) is 36.7 Å². The number of rotatable bonds is 9. The number of halogens is 4. The van der Waals surface area contributed by atoms with Gasteiger partial charge in [-0.05, 0) is 24.6 Å². The van der Waals surface area contributed by atoms with E-state index in [1.807, 2.05) is 0 Å². The molecule has 0 saturated carbocycles. The first-order valence-electron chi connectivity index (χ1n) is 8.26. The van der Waals surface area contributed by atoms with Crippen LogP contribution in [0.3, 0.4) is 0 Å². The molecular formula is C18H22BrF3N2O3. The van der Waals surface area contributed by atoms with Crippen molar-refractivity contribution >= 4 is 15.9 Å². The van der Waals surface area contributed by atoms with Crippen LogP contribution in [0.4, 0.5) is 13.2 Å². The second-order valence-corrected chi connectivity index (χ2v) is 6.59. The largest absolute Gasteiger partial charge is 0.416 e. The topological polar surface area (TPSA) is 45.5 Å². The Morgan fingerprint density at radius 2 is 1.89 bits per heavy atom. The molecule has 0 fully saturated rings. The molecule has 5 nitrogen and oxygen atoms in total. The van der Waals surface area contributed by atoms with Gasteiger partial charge in [0.2, 0.25) is 0 Å². The highest BCUT2D eigenvalue weighted by molar-refractivity contribution is 9.09. The summed E-state index contributed by atoms with van der Waals surface area (Å²) in [4.78, 5) is 4.23. The summed E-state index contributed by atoms with van der Waals surface area (Å²) < 4.78 is 58.5. The first kappa shape index (κ1) is 21.9. The third-order valence-electron chi connectivity index (χ3n) is 4.03. The summed E-state index contributed by atoms with van der Waals surface area (Å²) in [6.45, 7) is 3.09. The van der Waals surface area contributed by atoms with Gasteiger partial charge in [-0.1, -0.05) is 15.9 Å². The van der Waals surface area contributed by atoms with Crippen LogP contribution in [0, 0.1) is 6.92 Å². The number of methoxy groups -OCH3 is 2. The summed E-state index contributed by atoms with van der Waals surface area (Å²) in [7, 11) is 2.61. The number of hydrogen-bond donors (Lipinski definition) is 0. The SMILES string of the molecule is COC(OC)c1c(C)cc(-c2nccn2CCOCCBr)cc1C(F)(F)F. The molecule has 0 N–H and O–H groups in total. The van der Waals surface area contributed by atoms with Gasteiger partial charge in [0.1, 0.15) is 5.82 Å². The smallest absolute Gasteiger partial charge is 0.379 e. The van der Waals surface area contributed by atoms with Gasteiger partial charge in [-0.3, -0.25) is 0 Å². The number of alkyl halides is 4. The average molecular weight is 451 g/mol. The molecule has 1 heterocycles. The van der Waals surface area contributed by atoms with Crippen LogP contribution in [0.1, 0.15) is 23.0 Å². The van der Waals surface area contributed by atoms with E-state index >= 15 is 0 Å². The highest BCUT2D eigenvalue weighted by atomic mass is 79.9. The zero-order valence-electron chi connectivity index (χ0n) is 15.3. The van der Waals surface area contributed by atoms with E-state index in [-0.39, 0.29) is 5.56 Å². The van der Waals surface area contributed by atoms with Crippen LogP contribution in [-0.2, 0) is 26.9 Å². The summed E-state index contributed by atoms with van der Waals surface area (Å²) in [5, 5.41) is 0.722. The predicted molar refractivity (Wildman–Crippen MR) is 98.8 cm³/mol. The maximum atomic E-state index is 13.7. The molecule has 2 rings (SSSR count). The zero-order valence-corrected chi connectivity index (χ0v) is 16.9. The van der Waals surface area contributed by atoms with E-state index in [1.165, 1.54) is 14.2 Å². The van der Waals surface area contributed by atoms with Crippen molar-refractivity contribution in [2.45, 2.75) is 25.9 Å². The molecule has 0 aliphatic carbocycles. The van der Waals surface area contributed by atoms with E-state index in [0.717, 1.165) is 11.4 Å². The van der Waals surface area contributed by atoms with Gasteiger partial charge in [0.05, 0.1) is 18.8 Å². The molecule has 0 radical (unpaired) electrons. The second-order valence-electron chi connectivity index (χ2n) is 5.80. The van der Waals surface area contributed by atoms with Gasteiger partial charge in [0.25, 0.3) is 0 Å². The Bertz CT molecular complexity index is 746. The highest BCUT2D eigenvalue weighted by Gasteiger charge is 2.37. The van der Waals surface area contributed by atoms with Crippen LogP contribution in [0.2, 0.25) is 0 Å². The Hall–Kier alpha value is -1.42. The fourth-order valence-electron chi connectivity index (χ4n) is 2.88. The van der Waals surface area contributed by atoms with Crippen LogP contribution in [0.25, 0.3) is 11.4 Å².